The van der Waals surface area contributed by atoms with E-state index in [2.05, 4.69) is 0 Å². The van der Waals surface area contributed by atoms with Crippen LogP contribution in [0.1, 0.15) is 26.2 Å². The Bertz CT molecular complexity index is 547. The molecule has 2 rings (SSSR count). The number of piperidine rings is 1. The number of anilines is 2. The van der Waals surface area contributed by atoms with Crippen molar-refractivity contribution >= 4 is 23.0 Å². The van der Waals surface area contributed by atoms with E-state index in [0.717, 1.165) is 24.9 Å². The Morgan fingerprint density at radius 2 is 2.29 bits per heavy atom. The number of nitrogen functional groups attached to an aromatic ring is 1. The first-order chi connectivity index (χ1) is 10.0. The summed E-state index contributed by atoms with van der Waals surface area (Å²) in [7, 11) is 0. The van der Waals surface area contributed by atoms with Gasteiger partial charge in [-0.3, -0.25) is 10.1 Å². The lowest BCUT2D eigenvalue weighted by Gasteiger charge is -2.35. The SMILES string of the molecule is CCOC(=O)C1CCCCN1c1ccc([N+](=O)[O-])c(N)c1. The van der Waals surface area contributed by atoms with E-state index in [1.54, 1.807) is 19.1 Å². The third-order valence-corrected chi connectivity index (χ3v) is 3.60. The van der Waals surface area contributed by atoms with Gasteiger partial charge in [0, 0.05) is 18.3 Å². The van der Waals surface area contributed by atoms with Crippen LogP contribution in [0.3, 0.4) is 0 Å². The Labute approximate surface area is 122 Å². The first-order valence-corrected chi connectivity index (χ1v) is 7.01. The van der Waals surface area contributed by atoms with E-state index < -0.39 is 4.92 Å². The third-order valence-electron chi connectivity index (χ3n) is 3.60. The van der Waals surface area contributed by atoms with E-state index in [1.807, 2.05) is 4.90 Å². The van der Waals surface area contributed by atoms with Crippen LogP contribution in [0.25, 0.3) is 0 Å². The number of nitrogens with zero attached hydrogens (tertiary/aromatic N) is 2. The predicted octanol–water partition coefficient (Wildman–Crippen LogP) is 2.10. The molecule has 114 valence electrons. The fraction of sp³-hybridized carbons (Fsp3) is 0.500. The fourth-order valence-electron chi connectivity index (χ4n) is 2.61. The molecule has 0 bridgehead atoms. The molecular formula is C14H19N3O4. The first kappa shape index (κ1) is 15.1. The number of benzene rings is 1. The summed E-state index contributed by atoms with van der Waals surface area (Å²) < 4.78 is 5.11. The summed E-state index contributed by atoms with van der Waals surface area (Å²) in [4.78, 5) is 24.2. The lowest BCUT2D eigenvalue weighted by molar-refractivity contribution is -0.383. The molecule has 0 saturated carbocycles. The van der Waals surface area contributed by atoms with E-state index in [0.29, 0.717) is 13.2 Å². The van der Waals surface area contributed by atoms with Crippen molar-refractivity contribution in [2.45, 2.75) is 32.2 Å². The second kappa shape index (κ2) is 6.43. The Balaban J connectivity index is 2.27. The van der Waals surface area contributed by atoms with Crippen molar-refractivity contribution in [3.8, 4) is 0 Å². The van der Waals surface area contributed by atoms with E-state index in [1.165, 1.54) is 6.07 Å². The molecule has 2 N–H and O–H groups in total. The van der Waals surface area contributed by atoms with Gasteiger partial charge in [0.2, 0.25) is 0 Å². The highest BCUT2D eigenvalue weighted by Crippen LogP contribution is 2.31. The number of esters is 1. The average Bonchev–Trinajstić information content (AvgIpc) is 2.47. The van der Waals surface area contributed by atoms with Crippen molar-refractivity contribution in [1.82, 2.24) is 0 Å². The zero-order valence-electron chi connectivity index (χ0n) is 11.9. The van der Waals surface area contributed by atoms with Gasteiger partial charge in [0.25, 0.3) is 5.69 Å². The molecule has 7 nitrogen and oxygen atoms in total. The molecule has 1 fully saturated rings. The normalized spacial score (nSPS) is 18.3. The van der Waals surface area contributed by atoms with E-state index >= 15 is 0 Å². The minimum Gasteiger partial charge on any atom is -0.464 e. The minimum atomic E-state index is -0.516. The number of carbonyl (C=O) groups excluding carboxylic acids is 1. The van der Waals surface area contributed by atoms with Crippen molar-refractivity contribution in [2.24, 2.45) is 0 Å². The van der Waals surface area contributed by atoms with Gasteiger partial charge in [-0.2, -0.15) is 0 Å². The van der Waals surface area contributed by atoms with E-state index in [9.17, 15) is 14.9 Å². The molecule has 1 unspecified atom stereocenters. The summed E-state index contributed by atoms with van der Waals surface area (Å²) in [6.45, 7) is 2.82. The Morgan fingerprint density at radius 1 is 1.52 bits per heavy atom. The monoisotopic (exact) mass is 293 g/mol. The van der Waals surface area contributed by atoms with Crippen LogP contribution in [0, 0.1) is 10.1 Å². The number of nitrogens with two attached hydrogens (primary N) is 1. The van der Waals surface area contributed by atoms with Crippen molar-refractivity contribution in [3.05, 3.63) is 28.3 Å². The predicted molar refractivity (Wildman–Crippen MR) is 79.1 cm³/mol. The van der Waals surface area contributed by atoms with Gasteiger partial charge in [0.15, 0.2) is 0 Å². The molecule has 1 atom stereocenters. The Hall–Kier alpha value is -2.31. The van der Waals surface area contributed by atoms with Crippen LogP contribution < -0.4 is 10.6 Å². The summed E-state index contributed by atoms with van der Waals surface area (Å²) in [5.41, 5.74) is 6.42. The number of hydrogen-bond acceptors (Lipinski definition) is 6. The van der Waals surface area contributed by atoms with Gasteiger partial charge in [-0.1, -0.05) is 0 Å². The molecule has 1 aliphatic heterocycles. The first-order valence-electron chi connectivity index (χ1n) is 7.01. The highest BCUT2D eigenvalue weighted by atomic mass is 16.6. The molecule has 21 heavy (non-hydrogen) atoms. The van der Waals surface area contributed by atoms with Gasteiger partial charge < -0.3 is 15.4 Å². The molecule has 1 aromatic carbocycles. The van der Waals surface area contributed by atoms with Crippen LogP contribution in [0.2, 0.25) is 0 Å². The lowest BCUT2D eigenvalue weighted by atomic mass is 10.0. The molecule has 0 radical (unpaired) electrons. The fourth-order valence-corrected chi connectivity index (χ4v) is 2.61. The molecule has 7 heteroatoms. The number of hydrogen-bond donors (Lipinski definition) is 1. The van der Waals surface area contributed by atoms with Gasteiger partial charge in [0.05, 0.1) is 11.5 Å². The molecule has 1 heterocycles. The molecular weight excluding hydrogens is 274 g/mol. The van der Waals surface area contributed by atoms with Crippen molar-refractivity contribution in [1.29, 1.82) is 0 Å². The highest BCUT2D eigenvalue weighted by Gasteiger charge is 2.30. The maximum absolute atomic E-state index is 12.0. The van der Waals surface area contributed by atoms with Crippen LogP contribution in [0.5, 0.6) is 0 Å². The Kier molecular flexibility index (Phi) is 4.62. The highest BCUT2D eigenvalue weighted by molar-refractivity contribution is 5.81. The topological polar surface area (TPSA) is 98.7 Å². The van der Waals surface area contributed by atoms with E-state index in [4.69, 9.17) is 10.5 Å². The van der Waals surface area contributed by atoms with Crippen molar-refractivity contribution in [3.63, 3.8) is 0 Å². The maximum Gasteiger partial charge on any atom is 0.328 e. The molecule has 0 aromatic heterocycles. The smallest absolute Gasteiger partial charge is 0.328 e. The van der Waals surface area contributed by atoms with Crippen LogP contribution in [-0.2, 0) is 9.53 Å². The number of carbonyl (C=O) groups is 1. The zero-order valence-corrected chi connectivity index (χ0v) is 11.9. The van der Waals surface area contributed by atoms with Gasteiger partial charge in [-0.05, 0) is 38.3 Å². The number of nitro benzene ring substituents is 1. The Morgan fingerprint density at radius 3 is 2.90 bits per heavy atom. The van der Waals surface area contributed by atoms with Crippen LogP contribution >= 0.6 is 0 Å². The number of rotatable bonds is 4. The summed E-state index contributed by atoms with van der Waals surface area (Å²) in [5.74, 6) is -0.255. The molecule has 1 aliphatic rings. The average molecular weight is 293 g/mol. The summed E-state index contributed by atoms with van der Waals surface area (Å²) in [6.07, 6.45) is 2.64. The minimum absolute atomic E-state index is 0.102. The molecule has 1 saturated heterocycles. The molecule has 1 aromatic rings. The van der Waals surface area contributed by atoms with Crippen molar-refractivity contribution < 1.29 is 14.5 Å². The van der Waals surface area contributed by atoms with E-state index in [-0.39, 0.29) is 23.4 Å². The molecule has 0 spiro atoms. The van der Waals surface area contributed by atoms with Crippen LogP contribution in [0.4, 0.5) is 17.1 Å². The number of nitro groups is 1. The van der Waals surface area contributed by atoms with Gasteiger partial charge in [-0.15, -0.1) is 0 Å². The van der Waals surface area contributed by atoms with Crippen LogP contribution in [0.15, 0.2) is 18.2 Å². The summed E-state index contributed by atoms with van der Waals surface area (Å²) in [6, 6.07) is 4.21. The van der Waals surface area contributed by atoms with Gasteiger partial charge in [-0.25, -0.2) is 4.79 Å². The summed E-state index contributed by atoms with van der Waals surface area (Å²) in [5, 5.41) is 10.8. The second-order valence-electron chi connectivity index (χ2n) is 4.96. The standard InChI is InChI=1S/C14H19N3O4/c1-2-21-14(18)13-5-3-4-8-16(13)10-6-7-12(17(19)20)11(15)9-10/h6-7,9,13H,2-5,8,15H2,1H3. The summed E-state index contributed by atoms with van der Waals surface area (Å²) >= 11 is 0. The largest absolute Gasteiger partial charge is 0.464 e. The number of ether oxygens (including phenoxy) is 1. The quantitative estimate of drug-likeness (QED) is 0.395. The lowest BCUT2D eigenvalue weighted by Crippen LogP contribution is -2.45. The van der Waals surface area contributed by atoms with Gasteiger partial charge >= 0.3 is 5.97 Å². The molecule has 0 aliphatic carbocycles. The zero-order chi connectivity index (χ0) is 15.4. The second-order valence-corrected chi connectivity index (χ2v) is 4.96. The van der Waals surface area contributed by atoms with Gasteiger partial charge in [0.1, 0.15) is 11.7 Å². The molecule has 0 amide bonds. The third kappa shape index (κ3) is 3.24. The van der Waals surface area contributed by atoms with Crippen molar-refractivity contribution in [2.75, 3.05) is 23.8 Å². The van der Waals surface area contributed by atoms with Crippen LogP contribution in [-0.4, -0.2) is 30.1 Å². The maximum atomic E-state index is 12.0.